The van der Waals surface area contributed by atoms with E-state index < -0.39 is 18.7 Å². The Morgan fingerprint density at radius 3 is 2.27 bits per heavy atom. The molecule has 2 aromatic carbocycles. The van der Waals surface area contributed by atoms with Crippen LogP contribution < -0.4 is 14.2 Å². The molecule has 0 spiro atoms. The Balaban J connectivity index is 1.87. The predicted octanol–water partition coefficient (Wildman–Crippen LogP) is 6.74. The normalized spacial score (nSPS) is 21.3. The predicted molar refractivity (Wildman–Crippen MR) is 155 cm³/mol. The molecule has 0 bridgehead atoms. The molecule has 2 unspecified atom stereocenters. The molecule has 0 amide bonds. The number of hydrogen-bond acceptors (Lipinski definition) is 6. The molecule has 0 saturated carbocycles. The van der Waals surface area contributed by atoms with Crippen LogP contribution in [-0.2, 0) is 14.8 Å². The summed E-state index contributed by atoms with van der Waals surface area (Å²) in [6.45, 7) is 12.3. The van der Waals surface area contributed by atoms with Crippen LogP contribution in [0.4, 0.5) is 0 Å². The third-order valence-corrected chi connectivity index (χ3v) is 13.6. The molecule has 0 saturated heterocycles. The number of hydrogen-bond donors (Lipinski definition) is 1. The zero-order chi connectivity index (χ0) is 27.3. The molecule has 1 aliphatic heterocycles. The van der Waals surface area contributed by atoms with E-state index in [9.17, 15) is 5.11 Å². The van der Waals surface area contributed by atoms with E-state index in [0.29, 0.717) is 23.5 Å². The lowest BCUT2D eigenvalue weighted by molar-refractivity contribution is 0.00922. The minimum Gasteiger partial charge on any atom is -0.497 e. The van der Waals surface area contributed by atoms with Crippen LogP contribution in [0.2, 0.25) is 18.1 Å². The van der Waals surface area contributed by atoms with Crippen molar-refractivity contribution in [3.8, 4) is 29.1 Å². The van der Waals surface area contributed by atoms with Crippen LogP contribution in [-0.4, -0.2) is 47.1 Å². The van der Waals surface area contributed by atoms with E-state index in [-0.39, 0.29) is 11.6 Å². The van der Waals surface area contributed by atoms with Gasteiger partial charge in [-0.1, -0.05) is 44.7 Å². The van der Waals surface area contributed by atoms with Crippen molar-refractivity contribution in [1.82, 2.24) is 0 Å². The standard InChI is InChI=1S/C30H42O5SSi/c1-28(2,3)37(7,8)35-20-12-10-9-11-19-29(31)26-18-17-25(33-5)21-27(26)34-22-30(29,36-6)23-13-15-24(32-4)16-14-23/h13-18,21,31H,9-10,12,20,22H2,1-8H3. The molecule has 1 heterocycles. The summed E-state index contributed by atoms with van der Waals surface area (Å²) < 4.78 is 22.5. The molecule has 37 heavy (non-hydrogen) atoms. The highest BCUT2D eigenvalue weighted by Crippen LogP contribution is 2.55. The van der Waals surface area contributed by atoms with Crippen LogP contribution in [0.1, 0.15) is 51.2 Å². The first-order valence-electron chi connectivity index (χ1n) is 12.8. The summed E-state index contributed by atoms with van der Waals surface area (Å²) in [7, 11) is 1.52. The number of unbranched alkanes of at least 4 members (excludes halogenated alkanes) is 2. The van der Waals surface area contributed by atoms with Crippen LogP contribution >= 0.6 is 11.8 Å². The number of aliphatic hydroxyl groups is 1. The molecule has 2 aromatic rings. The first-order chi connectivity index (χ1) is 17.4. The molecular formula is C30H42O5SSi. The number of benzene rings is 2. The SMILES string of the molecule is COc1ccc(C2(SC)COc3cc(OC)ccc3C2(O)C#CCCCCO[Si](C)(C)C(C)(C)C)cc1. The van der Waals surface area contributed by atoms with Gasteiger partial charge in [0.05, 0.1) is 14.2 Å². The van der Waals surface area contributed by atoms with Gasteiger partial charge in [0.2, 0.25) is 0 Å². The van der Waals surface area contributed by atoms with Gasteiger partial charge in [0.25, 0.3) is 0 Å². The number of methoxy groups -OCH3 is 2. The lowest BCUT2D eigenvalue weighted by Crippen LogP contribution is -2.53. The molecule has 3 rings (SSSR count). The molecule has 1 N–H and O–H groups in total. The lowest BCUT2D eigenvalue weighted by Gasteiger charge is -2.47. The van der Waals surface area contributed by atoms with Crippen molar-refractivity contribution < 1.29 is 23.7 Å². The van der Waals surface area contributed by atoms with E-state index in [1.54, 1.807) is 26.0 Å². The van der Waals surface area contributed by atoms with Crippen molar-refractivity contribution in [3.05, 3.63) is 53.6 Å². The molecule has 0 aromatic heterocycles. The van der Waals surface area contributed by atoms with Crippen LogP contribution in [0.3, 0.4) is 0 Å². The van der Waals surface area contributed by atoms with Crippen molar-refractivity contribution >= 4 is 20.1 Å². The molecular weight excluding hydrogens is 500 g/mol. The van der Waals surface area contributed by atoms with Crippen molar-refractivity contribution in [2.24, 2.45) is 0 Å². The quantitative estimate of drug-likeness (QED) is 0.215. The molecule has 0 radical (unpaired) electrons. The second-order valence-corrected chi connectivity index (χ2v) is 16.9. The highest BCUT2D eigenvalue weighted by Gasteiger charge is 2.56. The maximum absolute atomic E-state index is 12.4. The monoisotopic (exact) mass is 542 g/mol. The first kappa shape index (κ1) is 29.4. The van der Waals surface area contributed by atoms with E-state index in [4.69, 9.17) is 18.6 Å². The Hall–Kier alpha value is -2.11. The lowest BCUT2D eigenvalue weighted by atomic mass is 9.75. The van der Waals surface area contributed by atoms with Crippen LogP contribution in [0.5, 0.6) is 17.2 Å². The summed E-state index contributed by atoms with van der Waals surface area (Å²) in [6.07, 6.45) is 4.54. The van der Waals surface area contributed by atoms with E-state index in [1.165, 1.54) is 0 Å². The summed E-state index contributed by atoms with van der Waals surface area (Å²) in [5.74, 6) is 8.63. The maximum atomic E-state index is 12.4. The Morgan fingerprint density at radius 2 is 1.68 bits per heavy atom. The Bertz CT molecular complexity index is 1120. The Morgan fingerprint density at radius 1 is 1.03 bits per heavy atom. The van der Waals surface area contributed by atoms with E-state index >= 15 is 0 Å². The van der Waals surface area contributed by atoms with Gasteiger partial charge in [0, 0.05) is 24.7 Å². The van der Waals surface area contributed by atoms with Crippen LogP contribution in [0.25, 0.3) is 0 Å². The van der Waals surface area contributed by atoms with Crippen LogP contribution in [0, 0.1) is 11.8 Å². The van der Waals surface area contributed by atoms with Gasteiger partial charge in [-0.3, -0.25) is 0 Å². The Kier molecular flexibility index (Phi) is 9.34. The average Bonchev–Trinajstić information content (AvgIpc) is 2.87. The summed E-state index contributed by atoms with van der Waals surface area (Å²) in [5, 5.41) is 12.6. The average molecular weight is 543 g/mol. The Labute approximate surface area is 228 Å². The number of thioether (sulfide) groups is 1. The number of rotatable bonds is 9. The van der Waals surface area contributed by atoms with E-state index in [0.717, 1.165) is 30.8 Å². The van der Waals surface area contributed by atoms with Gasteiger partial charge in [-0.05, 0) is 67.1 Å². The largest absolute Gasteiger partial charge is 0.497 e. The third-order valence-electron chi connectivity index (χ3n) is 7.73. The zero-order valence-corrected chi connectivity index (χ0v) is 25.4. The molecule has 7 heteroatoms. The summed E-state index contributed by atoms with van der Waals surface area (Å²) in [6, 6.07) is 13.3. The molecule has 2 atom stereocenters. The fourth-order valence-electron chi connectivity index (χ4n) is 4.24. The zero-order valence-electron chi connectivity index (χ0n) is 23.6. The molecule has 202 valence electrons. The molecule has 0 fully saturated rings. The molecule has 5 nitrogen and oxygen atoms in total. The van der Waals surface area contributed by atoms with Gasteiger partial charge >= 0.3 is 0 Å². The maximum Gasteiger partial charge on any atom is 0.191 e. The van der Waals surface area contributed by atoms with Gasteiger partial charge < -0.3 is 23.7 Å². The minimum absolute atomic E-state index is 0.206. The summed E-state index contributed by atoms with van der Waals surface area (Å²) in [5.41, 5.74) is 0.124. The number of ether oxygens (including phenoxy) is 3. The smallest absolute Gasteiger partial charge is 0.191 e. The van der Waals surface area contributed by atoms with Crippen molar-refractivity contribution in [2.45, 2.75) is 68.5 Å². The molecule has 0 aliphatic carbocycles. The first-order valence-corrected chi connectivity index (χ1v) is 16.9. The van der Waals surface area contributed by atoms with Gasteiger partial charge in [0.15, 0.2) is 13.9 Å². The summed E-state index contributed by atoms with van der Waals surface area (Å²) in [4.78, 5) is 0. The van der Waals surface area contributed by atoms with Crippen molar-refractivity contribution in [1.29, 1.82) is 0 Å². The van der Waals surface area contributed by atoms with Crippen molar-refractivity contribution in [3.63, 3.8) is 0 Å². The van der Waals surface area contributed by atoms with E-state index in [1.807, 2.05) is 48.7 Å². The second kappa shape index (κ2) is 11.7. The van der Waals surface area contributed by atoms with Gasteiger partial charge in [-0.15, -0.1) is 11.8 Å². The fraction of sp³-hybridized carbons (Fsp3) is 0.533. The van der Waals surface area contributed by atoms with Gasteiger partial charge in [-0.2, -0.15) is 0 Å². The van der Waals surface area contributed by atoms with Gasteiger partial charge in [-0.25, -0.2) is 0 Å². The summed E-state index contributed by atoms with van der Waals surface area (Å²) >= 11 is 1.55. The topological polar surface area (TPSA) is 57.2 Å². The molecule has 1 aliphatic rings. The van der Waals surface area contributed by atoms with Crippen molar-refractivity contribution in [2.75, 3.05) is 33.7 Å². The highest BCUT2D eigenvalue weighted by atomic mass is 32.2. The van der Waals surface area contributed by atoms with E-state index in [2.05, 4.69) is 45.7 Å². The second-order valence-electron chi connectivity index (χ2n) is 11.0. The highest BCUT2D eigenvalue weighted by molar-refractivity contribution is 7.99. The van der Waals surface area contributed by atoms with Gasteiger partial charge in [0.1, 0.15) is 28.6 Å². The number of fused-ring (bicyclic) bond motifs is 1. The minimum atomic E-state index is -1.74. The van der Waals surface area contributed by atoms with Crippen LogP contribution in [0.15, 0.2) is 42.5 Å². The fourth-order valence-corrected chi connectivity index (χ4v) is 6.34. The third kappa shape index (κ3) is 5.98.